The average molecular weight is 306 g/mol. The van der Waals surface area contributed by atoms with Gasteiger partial charge in [0.2, 0.25) is 0 Å². The zero-order valence-electron chi connectivity index (χ0n) is 11.0. The SMILES string of the molecule is CC(C)(CCBr)NCc1cccc2ccccc12. The largest absolute Gasteiger partial charge is 0.308 e. The molecule has 0 aliphatic rings. The highest BCUT2D eigenvalue weighted by atomic mass is 79.9. The molecule has 0 bridgehead atoms. The van der Waals surface area contributed by atoms with Gasteiger partial charge in [0.1, 0.15) is 0 Å². The van der Waals surface area contributed by atoms with Gasteiger partial charge in [-0.15, -0.1) is 0 Å². The molecular formula is C16H20BrN. The van der Waals surface area contributed by atoms with E-state index in [9.17, 15) is 0 Å². The molecular weight excluding hydrogens is 286 g/mol. The molecule has 0 amide bonds. The van der Waals surface area contributed by atoms with Crippen LogP contribution in [0.2, 0.25) is 0 Å². The Bertz CT molecular complexity index is 514. The fourth-order valence-corrected chi connectivity index (χ4v) is 3.10. The first-order valence-electron chi connectivity index (χ1n) is 6.40. The maximum absolute atomic E-state index is 3.64. The molecule has 1 N–H and O–H groups in total. The molecule has 0 radical (unpaired) electrons. The van der Waals surface area contributed by atoms with Crippen molar-refractivity contribution in [2.75, 3.05) is 5.33 Å². The van der Waals surface area contributed by atoms with Crippen LogP contribution in [-0.4, -0.2) is 10.9 Å². The second-order valence-electron chi connectivity index (χ2n) is 5.31. The minimum absolute atomic E-state index is 0.167. The first-order chi connectivity index (χ1) is 8.62. The molecule has 0 heterocycles. The Morgan fingerprint density at radius 2 is 1.78 bits per heavy atom. The van der Waals surface area contributed by atoms with Gasteiger partial charge >= 0.3 is 0 Å². The second-order valence-corrected chi connectivity index (χ2v) is 6.11. The minimum Gasteiger partial charge on any atom is -0.308 e. The van der Waals surface area contributed by atoms with Crippen LogP contribution in [0.1, 0.15) is 25.8 Å². The van der Waals surface area contributed by atoms with E-state index >= 15 is 0 Å². The van der Waals surface area contributed by atoms with Crippen LogP contribution in [0.15, 0.2) is 42.5 Å². The third-order valence-corrected chi connectivity index (χ3v) is 3.75. The van der Waals surface area contributed by atoms with Crippen molar-refractivity contribution in [3.05, 3.63) is 48.0 Å². The van der Waals surface area contributed by atoms with Crippen molar-refractivity contribution in [1.82, 2.24) is 5.32 Å². The summed E-state index contributed by atoms with van der Waals surface area (Å²) in [6, 6.07) is 15.1. The fraction of sp³-hybridized carbons (Fsp3) is 0.375. The Morgan fingerprint density at radius 3 is 2.56 bits per heavy atom. The number of rotatable bonds is 5. The van der Waals surface area contributed by atoms with Gasteiger partial charge in [-0.1, -0.05) is 58.4 Å². The quantitative estimate of drug-likeness (QED) is 0.802. The summed E-state index contributed by atoms with van der Waals surface area (Å²) in [5.74, 6) is 0. The zero-order chi connectivity index (χ0) is 13.0. The van der Waals surface area contributed by atoms with Crippen molar-refractivity contribution in [2.45, 2.75) is 32.4 Å². The van der Waals surface area contributed by atoms with Crippen molar-refractivity contribution in [3.63, 3.8) is 0 Å². The van der Waals surface area contributed by atoms with E-state index < -0.39 is 0 Å². The zero-order valence-corrected chi connectivity index (χ0v) is 12.6. The third-order valence-electron chi connectivity index (χ3n) is 3.36. The lowest BCUT2D eigenvalue weighted by molar-refractivity contribution is 0.379. The minimum atomic E-state index is 0.167. The van der Waals surface area contributed by atoms with Gasteiger partial charge in [0.25, 0.3) is 0 Å². The molecule has 0 aliphatic carbocycles. The summed E-state index contributed by atoms with van der Waals surface area (Å²) >= 11 is 3.51. The Balaban J connectivity index is 2.17. The van der Waals surface area contributed by atoms with Crippen molar-refractivity contribution in [2.24, 2.45) is 0 Å². The normalized spacial score (nSPS) is 11.9. The van der Waals surface area contributed by atoms with Crippen LogP contribution in [0, 0.1) is 0 Å². The lowest BCUT2D eigenvalue weighted by atomic mass is 10.00. The van der Waals surface area contributed by atoms with E-state index in [1.165, 1.54) is 16.3 Å². The summed E-state index contributed by atoms with van der Waals surface area (Å²) in [5, 5.41) is 7.33. The molecule has 2 aromatic rings. The molecule has 0 unspecified atom stereocenters. The average Bonchev–Trinajstić information content (AvgIpc) is 2.36. The van der Waals surface area contributed by atoms with Crippen molar-refractivity contribution >= 4 is 26.7 Å². The van der Waals surface area contributed by atoms with Crippen molar-refractivity contribution < 1.29 is 0 Å². The Kier molecular flexibility index (Phi) is 4.41. The molecule has 0 atom stereocenters. The number of fused-ring (bicyclic) bond motifs is 1. The van der Waals surface area contributed by atoms with Crippen molar-refractivity contribution in [3.8, 4) is 0 Å². The Labute approximate surface area is 118 Å². The van der Waals surface area contributed by atoms with E-state index in [1.54, 1.807) is 0 Å². The molecule has 0 saturated carbocycles. The van der Waals surface area contributed by atoms with E-state index in [2.05, 4.69) is 77.6 Å². The Morgan fingerprint density at radius 1 is 1.06 bits per heavy atom. The Hall–Kier alpha value is -0.860. The summed E-state index contributed by atoms with van der Waals surface area (Å²) in [7, 11) is 0. The number of alkyl halides is 1. The van der Waals surface area contributed by atoms with Gasteiger partial charge in [-0.05, 0) is 36.6 Å². The highest BCUT2D eigenvalue weighted by Gasteiger charge is 2.15. The first kappa shape index (κ1) is 13.6. The number of hydrogen-bond acceptors (Lipinski definition) is 1. The highest BCUT2D eigenvalue weighted by molar-refractivity contribution is 9.09. The lowest BCUT2D eigenvalue weighted by Gasteiger charge is -2.26. The second kappa shape index (κ2) is 5.85. The van der Waals surface area contributed by atoms with E-state index in [0.29, 0.717) is 0 Å². The summed E-state index contributed by atoms with van der Waals surface area (Å²) in [6.07, 6.45) is 1.12. The van der Waals surface area contributed by atoms with E-state index in [1.807, 2.05) is 0 Å². The van der Waals surface area contributed by atoms with Gasteiger partial charge in [0.05, 0.1) is 0 Å². The summed E-state index contributed by atoms with van der Waals surface area (Å²) in [4.78, 5) is 0. The van der Waals surface area contributed by atoms with Crippen LogP contribution in [0.3, 0.4) is 0 Å². The molecule has 0 fully saturated rings. The number of benzene rings is 2. The monoisotopic (exact) mass is 305 g/mol. The molecule has 2 heteroatoms. The maximum atomic E-state index is 3.64. The van der Waals surface area contributed by atoms with Crippen LogP contribution in [0.25, 0.3) is 10.8 Å². The van der Waals surface area contributed by atoms with Gasteiger partial charge in [-0.2, -0.15) is 0 Å². The predicted molar refractivity (Wildman–Crippen MR) is 83.3 cm³/mol. The van der Waals surface area contributed by atoms with Crippen molar-refractivity contribution in [1.29, 1.82) is 0 Å². The van der Waals surface area contributed by atoms with Gasteiger partial charge in [-0.25, -0.2) is 0 Å². The number of hydrogen-bond donors (Lipinski definition) is 1. The molecule has 0 saturated heterocycles. The van der Waals surface area contributed by atoms with E-state index in [-0.39, 0.29) is 5.54 Å². The van der Waals surface area contributed by atoms with Crippen LogP contribution in [0.4, 0.5) is 0 Å². The van der Waals surface area contributed by atoms with E-state index in [4.69, 9.17) is 0 Å². The smallest absolute Gasteiger partial charge is 0.0216 e. The molecule has 0 aliphatic heterocycles. The van der Waals surface area contributed by atoms with Gasteiger partial charge in [0.15, 0.2) is 0 Å². The van der Waals surface area contributed by atoms with Crippen LogP contribution < -0.4 is 5.32 Å². The molecule has 0 aromatic heterocycles. The summed E-state index contributed by atoms with van der Waals surface area (Å²) in [5.41, 5.74) is 1.54. The summed E-state index contributed by atoms with van der Waals surface area (Å²) < 4.78 is 0. The molecule has 96 valence electrons. The van der Waals surface area contributed by atoms with Gasteiger partial charge < -0.3 is 5.32 Å². The van der Waals surface area contributed by atoms with Gasteiger partial charge in [-0.3, -0.25) is 0 Å². The topological polar surface area (TPSA) is 12.0 Å². The molecule has 2 aromatic carbocycles. The molecule has 18 heavy (non-hydrogen) atoms. The lowest BCUT2D eigenvalue weighted by Crippen LogP contribution is -2.39. The predicted octanol–water partition coefficient (Wildman–Crippen LogP) is 4.49. The molecule has 2 rings (SSSR count). The van der Waals surface area contributed by atoms with Gasteiger partial charge in [0, 0.05) is 17.4 Å². The van der Waals surface area contributed by atoms with Crippen LogP contribution in [0.5, 0.6) is 0 Å². The molecule has 1 nitrogen and oxygen atoms in total. The fourth-order valence-electron chi connectivity index (χ4n) is 2.11. The van der Waals surface area contributed by atoms with Crippen LogP contribution in [-0.2, 0) is 6.54 Å². The standard InChI is InChI=1S/C16H20BrN/c1-16(2,10-11-17)18-12-14-8-5-7-13-6-3-4-9-15(13)14/h3-9,18H,10-12H2,1-2H3. The molecule has 0 spiro atoms. The third kappa shape index (κ3) is 3.33. The number of halogens is 1. The highest BCUT2D eigenvalue weighted by Crippen LogP contribution is 2.19. The summed E-state index contributed by atoms with van der Waals surface area (Å²) in [6.45, 7) is 5.42. The van der Waals surface area contributed by atoms with Crippen LogP contribution >= 0.6 is 15.9 Å². The maximum Gasteiger partial charge on any atom is 0.0216 e. The van der Waals surface area contributed by atoms with E-state index in [0.717, 1.165) is 18.3 Å². The first-order valence-corrected chi connectivity index (χ1v) is 7.52. The number of nitrogens with one attached hydrogen (secondary N) is 1.